The monoisotopic (exact) mass is 807 g/mol. The number of aryl methyl sites for hydroxylation is 1. The van der Waals surface area contributed by atoms with Crippen LogP contribution in [0.3, 0.4) is 0 Å². The molecule has 2 saturated carbocycles. The Hall–Kier alpha value is -3.97. The van der Waals surface area contributed by atoms with E-state index >= 15 is 0 Å². The number of carbonyl (C=O) groups is 3. The lowest BCUT2D eigenvalue weighted by Gasteiger charge is -2.40. The van der Waals surface area contributed by atoms with Crippen molar-refractivity contribution >= 4 is 50.4 Å². The summed E-state index contributed by atoms with van der Waals surface area (Å²) in [5.41, 5.74) is -1.32. The number of nitrogens with one attached hydrogen (secondary N) is 1. The zero-order chi connectivity index (χ0) is 38.6. The number of halogens is 3. The van der Waals surface area contributed by atoms with Gasteiger partial charge >= 0.3 is 12.2 Å². The van der Waals surface area contributed by atoms with Crippen LogP contribution >= 0.6 is 22.7 Å². The average Bonchev–Trinajstić information content (AvgIpc) is 3.87. The summed E-state index contributed by atoms with van der Waals surface area (Å²) >= 11 is 2.03. The molecular formula is C35H40F3N7O6S3. The first kappa shape index (κ1) is 38.3. The number of amides is 3. The summed E-state index contributed by atoms with van der Waals surface area (Å²) in [6.45, 7) is 4.00. The number of Topliss-reactive ketones (excluding diaryl/α,β-unsaturated/α-hetero) is 1. The fourth-order valence-electron chi connectivity index (χ4n) is 6.95. The topological polar surface area (TPSA) is 165 Å². The summed E-state index contributed by atoms with van der Waals surface area (Å²) in [7, 11) is -2.28. The molecule has 2 aliphatic carbocycles. The number of rotatable bonds is 7. The number of hydrogen-bond acceptors (Lipinski definition) is 12. The number of ether oxygens (including phenoxy) is 1. The zero-order valence-corrected chi connectivity index (χ0v) is 32.3. The van der Waals surface area contributed by atoms with Gasteiger partial charge in [-0.15, -0.1) is 22.7 Å². The maximum Gasteiger partial charge on any atom is 0.434 e. The fourth-order valence-corrected chi connectivity index (χ4v) is 9.80. The second-order valence-corrected chi connectivity index (χ2v) is 18.8. The third-order valence-electron chi connectivity index (χ3n) is 10.7. The maximum absolute atomic E-state index is 14.4. The number of ketones is 1. The van der Waals surface area contributed by atoms with Gasteiger partial charge in [-0.25, -0.2) is 28.2 Å². The highest BCUT2D eigenvalue weighted by Gasteiger charge is 2.62. The largest absolute Gasteiger partial charge is 0.474 e. The third-order valence-corrected chi connectivity index (χ3v) is 14.7. The van der Waals surface area contributed by atoms with E-state index < -0.39 is 55.9 Å². The Morgan fingerprint density at radius 2 is 1.81 bits per heavy atom. The van der Waals surface area contributed by atoms with Gasteiger partial charge in [0.05, 0.1) is 16.2 Å². The van der Waals surface area contributed by atoms with Crippen LogP contribution in [-0.4, -0.2) is 92.9 Å². The van der Waals surface area contributed by atoms with Crippen molar-refractivity contribution in [2.45, 2.75) is 94.7 Å². The van der Waals surface area contributed by atoms with E-state index in [4.69, 9.17) is 4.74 Å². The van der Waals surface area contributed by atoms with Crippen LogP contribution in [0.5, 0.6) is 5.88 Å². The van der Waals surface area contributed by atoms with Gasteiger partial charge in [-0.1, -0.05) is 12.2 Å². The molecule has 0 radical (unpaired) electrons. The van der Waals surface area contributed by atoms with Gasteiger partial charge in [-0.3, -0.25) is 14.3 Å². The first-order valence-electron chi connectivity index (χ1n) is 17.8. The van der Waals surface area contributed by atoms with Gasteiger partial charge in [0.2, 0.25) is 21.8 Å². The van der Waals surface area contributed by atoms with Crippen LogP contribution in [-0.2, 0) is 25.8 Å². The number of nitrogens with zero attached hydrogens (tertiary/aromatic N) is 6. The molecule has 3 amide bonds. The molecule has 0 spiro atoms. The van der Waals surface area contributed by atoms with Gasteiger partial charge in [0.25, 0.3) is 0 Å². The summed E-state index contributed by atoms with van der Waals surface area (Å²) in [6.07, 6.45) is 2.00. The van der Waals surface area contributed by atoms with Crippen molar-refractivity contribution in [2.24, 2.45) is 11.3 Å². The highest BCUT2D eigenvalue weighted by atomic mass is 32.2. The van der Waals surface area contributed by atoms with Crippen molar-refractivity contribution in [3.8, 4) is 27.4 Å². The van der Waals surface area contributed by atoms with Gasteiger partial charge in [0.1, 0.15) is 16.8 Å². The molecule has 5 heterocycles. The van der Waals surface area contributed by atoms with E-state index in [1.165, 1.54) is 22.3 Å². The molecule has 3 aromatic rings. The summed E-state index contributed by atoms with van der Waals surface area (Å²) in [4.78, 5) is 62.2. The molecule has 0 bridgehead atoms. The van der Waals surface area contributed by atoms with Crippen LogP contribution in [0, 0.1) is 18.3 Å². The minimum Gasteiger partial charge on any atom is -0.474 e. The summed E-state index contributed by atoms with van der Waals surface area (Å²) in [5, 5.41) is 3.12. The minimum atomic E-state index is -4.66. The number of carbonyl (C=O) groups excluding carboxylic acids is 3. The molecule has 0 unspecified atom stereocenters. The predicted octanol–water partition coefficient (Wildman–Crippen LogP) is 6.02. The smallest absolute Gasteiger partial charge is 0.434 e. The SMILES string of the molecule is Cc1csc(-c2cc(O[C@H]3CCN4C(=O)N(C)CCCC/C=C\[C@@H]5C[C@@]5(C(=O)NS(=O)(=O)C5(C)CC5)CC(=O)[C@@H]4C3)nc(-c3nc(C(F)(F)F)cs3)n2)n1. The quantitative estimate of drug-likeness (QED) is 0.279. The van der Waals surface area contributed by atoms with E-state index in [9.17, 15) is 36.0 Å². The summed E-state index contributed by atoms with van der Waals surface area (Å²) < 4.78 is 74.1. The van der Waals surface area contributed by atoms with Crippen molar-refractivity contribution in [1.29, 1.82) is 0 Å². The lowest BCUT2D eigenvalue weighted by Crippen LogP contribution is -2.56. The lowest BCUT2D eigenvalue weighted by atomic mass is 9.87. The molecule has 290 valence electrons. The van der Waals surface area contributed by atoms with Crippen LogP contribution in [0.15, 0.2) is 29.0 Å². The van der Waals surface area contributed by atoms with Gasteiger partial charge in [0.15, 0.2) is 22.3 Å². The molecule has 19 heteroatoms. The standard InChI is InChI=1S/C35H40F3N7O6S3/c1-20-18-52-29(39-20)23-15-27(42-28(40-23)30-41-26(19-53-30)35(36,37)38)51-22-9-13-45-24(14-22)25(46)17-34(31(47)43-54(49,50)33(2)10-11-33)16-21(34)8-6-4-5-7-12-44(3)32(45)48/h6,8,15,18-19,21-22,24H,4-5,7,9-14,16-17H2,1-3H3,(H,43,47)/b8-6-/t21-,22+,24+,34-/m1/s1. The molecule has 7 rings (SSSR count). The number of aromatic nitrogens is 4. The molecule has 13 nitrogen and oxygen atoms in total. The minimum absolute atomic E-state index is 0.0314. The summed E-state index contributed by atoms with van der Waals surface area (Å²) in [5.74, 6) is -1.50. The van der Waals surface area contributed by atoms with Crippen molar-refractivity contribution < 1.29 is 40.7 Å². The van der Waals surface area contributed by atoms with Crippen LogP contribution in [0.4, 0.5) is 18.0 Å². The number of alkyl halides is 3. The van der Waals surface area contributed by atoms with Crippen molar-refractivity contribution in [3.63, 3.8) is 0 Å². The Morgan fingerprint density at radius 3 is 2.50 bits per heavy atom. The second-order valence-electron chi connectivity index (χ2n) is 14.8. The number of sulfonamides is 1. The van der Waals surface area contributed by atoms with Crippen LogP contribution in [0.1, 0.15) is 76.1 Å². The molecule has 2 aliphatic heterocycles. The number of allylic oxidation sites excluding steroid dienone is 2. The number of thiazole rings is 2. The first-order valence-corrected chi connectivity index (χ1v) is 21.0. The number of fused-ring (bicyclic) bond motifs is 2. The molecule has 0 aromatic carbocycles. The molecule has 1 N–H and O–H groups in total. The van der Waals surface area contributed by atoms with E-state index in [0.29, 0.717) is 49.4 Å². The lowest BCUT2D eigenvalue weighted by molar-refractivity contribution is -0.140. The Labute approximate surface area is 318 Å². The van der Waals surface area contributed by atoms with Crippen LogP contribution < -0.4 is 9.46 Å². The Bertz CT molecular complexity index is 2100. The third kappa shape index (κ3) is 7.76. The average molecular weight is 808 g/mol. The van der Waals surface area contributed by atoms with E-state index in [1.54, 1.807) is 31.2 Å². The van der Waals surface area contributed by atoms with E-state index in [0.717, 1.165) is 35.3 Å². The number of urea groups is 1. The Morgan fingerprint density at radius 1 is 1.06 bits per heavy atom. The van der Waals surface area contributed by atoms with E-state index in [1.807, 2.05) is 12.2 Å². The maximum atomic E-state index is 14.4. The zero-order valence-electron chi connectivity index (χ0n) is 29.9. The summed E-state index contributed by atoms with van der Waals surface area (Å²) in [6, 6.07) is 0.177. The Kier molecular flexibility index (Phi) is 10.1. The van der Waals surface area contributed by atoms with Crippen LogP contribution in [0.2, 0.25) is 0 Å². The normalized spacial score (nSPS) is 26.7. The van der Waals surface area contributed by atoms with E-state index in [-0.39, 0.29) is 48.0 Å². The second kappa shape index (κ2) is 14.3. The molecule has 1 saturated heterocycles. The highest BCUT2D eigenvalue weighted by Crippen LogP contribution is 2.57. The first-order chi connectivity index (χ1) is 25.5. The van der Waals surface area contributed by atoms with Crippen LogP contribution in [0.25, 0.3) is 21.5 Å². The van der Waals surface area contributed by atoms with Gasteiger partial charge < -0.3 is 14.5 Å². The number of hydrogen-bond donors (Lipinski definition) is 1. The molecule has 3 aromatic heterocycles. The fraction of sp³-hybridized carbons (Fsp3) is 0.571. The number of piperidine rings is 1. The van der Waals surface area contributed by atoms with Crippen molar-refractivity contribution in [2.75, 3.05) is 20.1 Å². The van der Waals surface area contributed by atoms with Gasteiger partial charge in [0, 0.05) is 61.9 Å². The molecule has 4 aliphatic rings. The molecule has 4 atom stereocenters. The predicted molar refractivity (Wildman–Crippen MR) is 194 cm³/mol. The van der Waals surface area contributed by atoms with E-state index in [2.05, 4.69) is 24.7 Å². The van der Waals surface area contributed by atoms with Crippen molar-refractivity contribution in [1.82, 2.24) is 34.5 Å². The Balaban J connectivity index is 1.18. The molecule has 54 heavy (non-hydrogen) atoms. The molecule has 3 fully saturated rings. The highest BCUT2D eigenvalue weighted by molar-refractivity contribution is 7.91. The van der Waals surface area contributed by atoms with Crippen molar-refractivity contribution in [3.05, 3.63) is 40.4 Å². The van der Waals surface area contributed by atoms with Gasteiger partial charge in [-0.05, 0) is 58.3 Å². The van der Waals surface area contributed by atoms with Gasteiger partial charge in [-0.2, -0.15) is 18.2 Å². The molecular weight excluding hydrogens is 768 g/mol.